The van der Waals surface area contributed by atoms with Crippen LogP contribution in [-0.2, 0) is 11.3 Å². The van der Waals surface area contributed by atoms with Gasteiger partial charge in [0.15, 0.2) is 5.16 Å². The summed E-state index contributed by atoms with van der Waals surface area (Å²) >= 11 is 1.44. The first-order valence-electron chi connectivity index (χ1n) is 11.6. The predicted octanol–water partition coefficient (Wildman–Crippen LogP) is 3.62. The molecule has 3 heterocycles. The smallest absolute Gasteiger partial charge is 0.338 e. The van der Waals surface area contributed by atoms with E-state index < -0.39 is 6.10 Å². The summed E-state index contributed by atoms with van der Waals surface area (Å²) in [4.78, 5) is 14.0. The van der Waals surface area contributed by atoms with E-state index in [0.29, 0.717) is 30.2 Å². The molecule has 1 N–H and O–H groups in total. The third kappa shape index (κ3) is 6.32. The molecule has 4 rings (SSSR count). The van der Waals surface area contributed by atoms with Gasteiger partial charge in [0.05, 0.1) is 31.1 Å². The minimum Gasteiger partial charge on any atom is -0.491 e. The number of benzene rings is 1. The Balaban J connectivity index is 1.34. The van der Waals surface area contributed by atoms with Crippen LogP contribution in [0.1, 0.15) is 42.3 Å². The molecule has 1 aromatic carbocycles. The van der Waals surface area contributed by atoms with Gasteiger partial charge in [0, 0.05) is 18.8 Å². The molecule has 1 atom stereocenters. The maximum atomic E-state index is 11.7. The molecule has 1 aliphatic heterocycles. The van der Waals surface area contributed by atoms with Crippen LogP contribution >= 0.6 is 11.8 Å². The van der Waals surface area contributed by atoms with Gasteiger partial charge >= 0.3 is 5.97 Å². The van der Waals surface area contributed by atoms with Gasteiger partial charge in [0.2, 0.25) is 5.95 Å². The number of anilines is 1. The Labute approximate surface area is 203 Å². The van der Waals surface area contributed by atoms with Gasteiger partial charge in [-0.3, -0.25) is 4.57 Å². The van der Waals surface area contributed by atoms with Crippen LogP contribution < -0.4 is 9.64 Å². The van der Waals surface area contributed by atoms with Crippen molar-refractivity contribution in [1.29, 1.82) is 0 Å². The Morgan fingerprint density at radius 1 is 1.18 bits per heavy atom. The summed E-state index contributed by atoms with van der Waals surface area (Å²) in [6.07, 6.45) is 4.48. The summed E-state index contributed by atoms with van der Waals surface area (Å²) in [7, 11) is 0. The minimum atomic E-state index is -0.707. The molecule has 9 nitrogen and oxygen atoms in total. The van der Waals surface area contributed by atoms with E-state index in [4.69, 9.17) is 13.9 Å². The number of aromatic nitrogens is 3. The van der Waals surface area contributed by atoms with Crippen molar-refractivity contribution in [3.05, 3.63) is 54.0 Å². The fraction of sp³-hybridized carbons (Fsp3) is 0.458. The SMILES string of the molecule is CCOC(=O)c1ccc(OCC(O)CSc2nnc(N3CCCCC3)n2Cc2ccco2)cc1. The standard InChI is InChI=1S/C24H30N4O5S/c1-2-31-22(30)18-8-10-20(11-9-18)33-16-19(29)17-34-24-26-25-23(27-12-4-3-5-13-27)28(24)15-21-7-6-14-32-21/h6-11,14,19,29H,2-5,12-13,15-17H2,1H3. The summed E-state index contributed by atoms with van der Waals surface area (Å²) in [6, 6.07) is 10.5. The van der Waals surface area contributed by atoms with Crippen molar-refractivity contribution < 1.29 is 23.8 Å². The first-order chi connectivity index (χ1) is 16.6. The summed E-state index contributed by atoms with van der Waals surface area (Å²) in [5.41, 5.74) is 0.464. The summed E-state index contributed by atoms with van der Waals surface area (Å²) in [5.74, 6) is 2.27. The second-order valence-corrected chi connectivity index (χ2v) is 9.00. The molecule has 182 valence electrons. The average Bonchev–Trinajstić information content (AvgIpc) is 3.53. The number of ether oxygens (including phenoxy) is 2. The van der Waals surface area contributed by atoms with Gasteiger partial charge in [0.25, 0.3) is 0 Å². The van der Waals surface area contributed by atoms with Crippen LogP contribution in [-0.4, -0.2) is 64.0 Å². The zero-order valence-electron chi connectivity index (χ0n) is 19.3. The largest absolute Gasteiger partial charge is 0.491 e. The van der Waals surface area contributed by atoms with E-state index >= 15 is 0 Å². The lowest BCUT2D eigenvalue weighted by molar-refractivity contribution is 0.0526. The van der Waals surface area contributed by atoms with Gasteiger partial charge in [0.1, 0.15) is 18.1 Å². The molecule has 10 heteroatoms. The highest BCUT2D eigenvalue weighted by atomic mass is 32.2. The van der Waals surface area contributed by atoms with Crippen LogP contribution in [0.4, 0.5) is 5.95 Å². The maximum Gasteiger partial charge on any atom is 0.338 e. The van der Waals surface area contributed by atoms with Crippen LogP contribution in [0.15, 0.2) is 52.2 Å². The van der Waals surface area contributed by atoms with Crippen LogP contribution in [0.5, 0.6) is 5.75 Å². The van der Waals surface area contributed by atoms with E-state index in [1.165, 1.54) is 18.2 Å². The van der Waals surface area contributed by atoms with Crippen molar-refractivity contribution in [2.75, 3.05) is 37.0 Å². The molecule has 2 aromatic heterocycles. The van der Waals surface area contributed by atoms with Gasteiger partial charge < -0.3 is 23.9 Å². The van der Waals surface area contributed by atoms with Crippen LogP contribution in [0.25, 0.3) is 0 Å². The summed E-state index contributed by atoms with van der Waals surface area (Å²) in [5, 5.41) is 20.1. The zero-order valence-corrected chi connectivity index (χ0v) is 20.1. The Bertz CT molecular complexity index is 1030. The molecule has 0 aliphatic carbocycles. The van der Waals surface area contributed by atoms with Crippen molar-refractivity contribution >= 4 is 23.7 Å². The van der Waals surface area contributed by atoms with E-state index in [9.17, 15) is 9.90 Å². The molecule has 3 aromatic rings. The molecular weight excluding hydrogens is 456 g/mol. The number of carbonyl (C=O) groups is 1. The van der Waals surface area contributed by atoms with Crippen LogP contribution in [0.3, 0.4) is 0 Å². The van der Waals surface area contributed by atoms with Gasteiger partial charge in [-0.05, 0) is 62.6 Å². The molecule has 0 amide bonds. The lowest BCUT2D eigenvalue weighted by Crippen LogP contribution is -2.32. The lowest BCUT2D eigenvalue weighted by atomic mass is 10.1. The number of thioether (sulfide) groups is 1. The second-order valence-electron chi connectivity index (χ2n) is 8.02. The highest BCUT2D eigenvalue weighted by molar-refractivity contribution is 7.99. The molecule has 1 fully saturated rings. The lowest BCUT2D eigenvalue weighted by Gasteiger charge is -2.27. The third-order valence-corrected chi connectivity index (χ3v) is 6.55. The van der Waals surface area contributed by atoms with E-state index in [1.807, 2.05) is 12.1 Å². The predicted molar refractivity (Wildman–Crippen MR) is 129 cm³/mol. The highest BCUT2D eigenvalue weighted by Crippen LogP contribution is 2.26. The minimum absolute atomic E-state index is 0.122. The fourth-order valence-electron chi connectivity index (χ4n) is 3.73. The molecule has 1 saturated heterocycles. The molecule has 0 saturated carbocycles. The zero-order chi connectivity index (χ0) is 23.8. The van der Waals surface area contributed by atoms with Crippen molar-refractivity contribution in [3.8, 4) is 5.75 Å². The topological polar surface area (TPSA) is 103 Å². The Kier molecular flexibility index (Phi) is 8.48. The molecule has 0 spiro atoms. The first kappa shape index (κ1) is 24.2. The third-order valence-electron chi connectivity index (χ3n) is 5.44. The van der Waals surface area contributed by atoms with E-state index in [-0.39, 0.29) is 12.6 Å². The number of nitrogens with zero attached hydrogens (tertiary/aromatic N) is 4. The number of hydrogen-bond acceptors (Lipinski definition) is 9. The van der Waals surface area contributed by atoms with Crippen LogP contribution in [0, 0.1) is 0 Å². The number of rotatable bonds is 11. The van der Waals surface area contributed by atoms with Gasteiger partial charge in [-0.2, -0.15) is 0 Å². The average molecular weight is 487 g/mol. The number of aliphatic hydroxyl groups excluding tert-OH is 1. The summed E-state index contributed by atoms with van der Waals surface area (Å²) < 4.78 is 18.3. The number of hydrogen-bond donors (Lipinski definition) is 1. The van der Waals surface area contributed by atoms with E-state index in [2.05, 4.69) is 19.7 Å². The molecule has 1 unspecified atom stereocenters. The van der Waals surface area contributed by atoms with E-state index in [0.717, 1.165) is 42.8 Å². The van der Waals surface area contributed by atoms with E-state index in [1.54, 1.807) is 37.5 Å². The van der Waals surface area contributed by atoms with Crippen molar-refractivity contribution in [2.45, 2.75) is 44.0 Å². The fourth-order valence-corrected chi connectivity index (χ4v) is 4.56. The number of furan rings is 1. The van der Waals surface area contributed by atoms with Crippen molar-refractivity contribution in [1.82, 2.24) is 14.8 Å². The van der Waals surface area contributed by atoms with Gasteiger partial charge in [-0.15, -0.1) is 10.2 Å². The Hall–Kier alpha value is -2.98. The molecule has 34 heavy (non-hydrogen) atoms. The highest BCUT2D eigenvalue weighted by Gasteiger charge is 2.22. The van der Waals surface area contributed by atoms with Gasteiger partial charge in [-0.1, -0.05) is 11.8 Å². The normalized spacial score (nSPS) is 14.7. The number of aliphatic hydroxyl groups is 1. The molecule has 1 aliphatic rings. The number of esters is 1. The summed E-state index contributed by atoms with van der Waals surface area (Å²) in [6.45, 7) is 4.68. The quantitative estimate of drug-likeness (QED) is 0.321. The monoisotopic (exact) mass is 486 g/mol. The number of carbonyl (C=O) groups excluding carboxylic acids is 1. The molecular formula is C24H30N4O5S. The Morgan fingerprint density at radius 2 is 1.97 bits per heavy atom. The van der Waals surface area contributed by atoms with Gasteiger partial charge in [-0.25, -0.2) is 4.79 Å². The Morgan fingerprint density at radius 3 is 2.68 bits per heavy atom. The van der Waals surface area contributed by atoms with Crippen molar-refractivity contribution in [3.63, 3.8) is 0 Å². The number of piperidine rings is 1. The van der Waals surface area contributed by atoms with Crippen LogP contribution in [0.2, 0.25) is 0 Å². The first-order valence-corrected chi connectivity index (χ1v) is 12.5. The second kappa shape index (κ2) is 11.9. The maximum absolute atomic E-state index is 11.7. The van der Waals surface area contributed by atoms with Crippen molar-refractivity contribution in [2.24, 2.45) is 0 Å². The molecule has 0 bridgehead atoms. The molecule has 0 radical (unpaired) electrons.